The monoisotopic (exact) mass is 344 g/mol. The van der Waals surface area contributed by atoms with Gasteiger partial charge >= 0.3 is 5.97 Å². The Morgan fingerprint density at radius 2 is 1.90 bits per heavy atom. The quantitative estimate of drug-likeness (QED) is 0.803. The van der Waals surface area contributed by atoms with E-state index in [1.807, 2.05) is 0 Å². The maximum atomic E-state index is 11.2. The van der Waals surface area contributed by atoms with E-state index in [2.05, 4.69) is 15.9 Å². The second-order valence-corrected chi connectivity index (χ2v) is 5.81. The van der Waals surface area contributed by atoms with Gasteiger partial charge in [0, 0.05) is 15.5 Å². The molecule has 0 unspecified atom stereocenters. The normalized spacial score (nSPS) is 11.1. The summed E-state index contributed by atoms with van der Waals surface area (Å²) in [6, 6.07) is 1.70. The van der Waals surface area contributed by atoms with E-state index in [4.69, 9.17) is 14.6 Å². The Bertz CT molecular complexity index is 537. The number of carboxylic acid groups (broad SMARTS) is 1. The molecule has 0 bridgehead atoms. The number of hydrogen-bond acceptors (Lipinski definition) is 4. The molecule has 110 valence electrons. The van der Waals surface area contributed by atoms with E-state index in [-0.39, 0.29) is 6.42 Å². The van der Waals surface area contributed by atoms with Gasteiger partial charge in [-0.15, -0.1) is 0 Å². The molecule has 1 aromatic carbocycles. The van der Waals surface area contributed by atoms with E-state index in [0.29, 0.717) is 33.4 Å². The topological polar surface area (TPSA) is 72.8 Å². The minimum absolute atomic E-state index is 0.0700. The number of ether oxygens (including phenoxy) is 2. The Kier molecular flexibility index (Phi) is 5.16. The summed E-state index contributed by atoms with van der Waals surface area (Å²) in [4.78, 5) is 22.2. The average Bonchev–Trinajstić information content (AvgIpc) is 2.35. The fourth-order valence-electron chi connectivity index (χ4n) is 2.11. The van der Waals surface area contributed by atoms with Crippen molar-refractivity contribution in [2.45, 2.75) is 25.7 Å². The fourth-order valence-corrected chi connectivity index (χ4v) is 2.62. The Morgan fingerprint density at radius 1 is 1.35 bits per heavy atom. The molecule has 20 heavy (non-hydrogen) atoms. The molecule has 0 saturated heterocycles. The lowest BCUT2D eigenvalue weighted by molar-refractivity contribution is -0.138. The van der Waals surface area contributed by atoms with Gasteiger partial charge < -0.3 is 14.6 Å². The van der Waals surface area contributed by atoms with Crippen LogP contribution in [0.25, 0.3) is 0 Å². The van der Waals surface area contributed by atoms with Crippen molar-refractivity contribution in [2.24, 2.45) is 0 Å². The first-order valence-corrected chi connectivity index (χ1v) is 6.69. The first kappa shape index (κ1) is 16.5. The largest absolute Gasteiger partial charge is 0.493 e. The molecule has 0 aliphatic heterocycles. The number of benzene rings is 1. The van der Waals surface area contributed by atoms with Gasteiger partial charge in [-0.1, -0.05) is 13.8 Å². The number of methoxy groups -OCH3 is 2. The SMILES string of the molecule is COc1c(C(C)(C)CC(=O)O)cc(Br)c(C=O)c1OC. The van der Waals surface area contributed by atoms with Crippen LogP contribution in [-0.2, 0) is 10.2 Å². The summed E-state index contributed by atoms with van der Waals surface area (Å²) in [6.07, 6.45) is 0.596. The molecular formula is C14H17BrO5. The zero-order valence-electron chi connectivity index (χ0n) is 11.8. The lowest BCUT2D eigenvalue weighted by Gasteiger charge is -2.27. The minimum atomic E-state index is -0.911. The molecule has 0 atom stereocenters. The highest BCUT2D eigenvalue weighted by Gasteiger charge is 2.31. The molecule has 0 heterocycles. The van der Waals surface area contributed by atoms with Gasteiger partial charge in [-0.3, -0.25) is 9.59 Å². The van der Waals surface area contributed by atoms with Gasteiger partial charge in [-0.2, -0.15) is 0 Å². The summed E-state index contributed by atoms with van der Waals surface area (Å²) >= 11 is 3.31. The van der Waals surface area contributed by atoms with Crippen LogP contribution in [0.1, 0.15) is 36.2 Å². The Hall–Kier alpha value is -1.56. The summed E-state index contributed by atoms with van der Waals surface area (Å²) in [7, 11) is 2.89. The molecule has 1 rings (SSSR count). The van der Waals surface area contributed by atoms with E-state index in [1.54, 1.807) is 19.9 Å². The van der Waals surface area contributed by atoms with Crippen molar-refractivity contribution in [3.63, 3.8) is 0 Å². The maximum Gasteiger partial charge on any atom is 0.304 e. The zero-order chi connectivity index (χ0) is 15.5. The molecular weight excluding hydrogens is 328 g/mol. The third kappa shape index (κ3) is 3.12. The number of aliphatic carboxylic acids is 1. The smallest absolute Gasteiger partial charge is 0.304 e. The zero-order valence-corrected chi connectivity index (χ0v) is 13.4. The summed E-state index contributed by atoms with van der Waals surface area (Å²) < 4.78 is 11.1. The summed E-state index contributed by atoms with van der Waals surface area (Å²) in [6.45, 7) is 3.59. The highest BCUT2D eigenvalue weighted by atomic mass is 79.9. The van der Waals surface area contributed by atoms with E-state index >= 15 is 0 Å². The van der Waals surface area contributed by atoms with E-state index < -0.39 is 11.4 Å². The van der Waals surface area contributed by atoms with Gasteiger partial charge in [0.15, 0.2) is 17.8 Å². The molecule has 0 radical (unpaired) electrons. The molecule has 6 heteroatoms. The van der Waals surface area contributed by atoms with Crippen LogP contribution >= 0.6 is 15.9 Å². The number of carboxylic acids is 1. The van der Waals surface area contributed by atoms with Gasteiger partial charge in [0.25, 0.3) is 0 Å². The molecule has 0 aliphatic rings. The number of hydrogen-bond donors (Lipinski definition) is 1. The van der Waals surface area contributed by atoms with Crippen molar-refractivity contribution in [2.75, 3.05) is 14.2 Å². The van der Waals surface area contributed by atoms with E-state index in [1.165, 1.54) is 14.2 Å². The standard InChI is InChI=1S/C14H17BrO5/c1-14(2,6-11(17)18)9-5-10(15)8(7-16)12(19-3)13(9)20-4/h5,7H,6H2,1-4H3,(H,17,18). The van der Waals surface area contributed by atoms with Gasteiger partial charge in [0.05, 0.1) is 26.2 Å². The van der Waals surface area contributed by atoms with Gasteiger partial charge in [-0.25, -0.2) is 0 Å². The summed E-state index contributed by atoms with van der Waals surface area (Å²) in [5.41, 5.74) is 0.324. The summed E-state index contributed by atoms with van der Waals surface area (Å²) in [5.74, 6) is -0.235. The fraction of sp³-hybridized carbons (Fsp3) is 0.429. The number of halogens is 1. The van der Waals surface area contributed by atoms with Crippen molar-refractivity contribution < 1.29 is 24.2 Å². The van der Waals surface area contributed by atoms with Gasteiger partial charge in [-0.05, 0) is 22.0 Å². The molecule has 0 fully saturated rings. The number of rotatable bonds is 6. The van der Waals surface area contributed by atoms with Crippen LogP contribution in [-0.4, -0.2) is 31.6 Å². The Morgan fingerprint density at radius 3 is 2.30 bits per heavy atom. The minimum Gasteiger partial charge on any atom is -0.493 e. The molecule has 0 spiro atoms. The Labute approximate surface area is 126 Å². The Balaban J connectivity index is 3.59. The highest BCUT2D eigenvalue weighted by Crippen LogP contribution is 2.44. The van der Waals surface area contributed by atoms with Crippen LogP contribution in [0.3, 0.4) is 0 Å². The molecule has 0 saturated carbocycles. The second kappa shape index (κ2) is 6.26. The van der Waals surface area contributed by atoms with E-state index in [0.717, 1.165) is 0 Å². The third-order valence-corrected chi connectivity index (χ3v) is 3.73. The molecule has 5 nitrogen and oxygen atoms in total. The molecule has 0 amide bonds. The van der Waals surface area contributed by atoms with Crippen LogP contribution in [0.4, 0.5) is 0 Å². The van der Waals surface area contributed by atoms with Crippen molar-refractivity contribution in [3.8, 4) is 11.5 Å². The third-order valence-electron chi connectivity index (χ3n) is 3.07. The molecule has 1 N–H and O–H groups in total. The number of carbonyl (C=O) groups excluding carboxylic acids is 1. The first-order chi connectivity index (χ1) is 9.28. The van der Waals surface area contributed by atoms with Crippen LogP contribution in [0.2, 0.25) is 0 Å². The molecule has 0 aromatic heterocycles. The highest BCUT2D eigenvalue weighted by molar-refractivity contribution is 9.10. The molecule has 1 aromatic rings. The summed E-state index contributed by atoms with van der Waals surface area (Å²) in [5, 5.41) is 9.03. The second-order valence-electron chi connectivity index (χ2n) is 4.96. The average molecular weight is 345 g/mol. The number of carbonyl (C=O) groups is 2. The van der Waals surface area contributed by atoms with Crippen molar-refractivity contribution >= 4 is 28.2 Å². The maximum absolute atomic E-state index is 11.2. The van der Waals surface area contributed by atoms with Crippen LogP contribution in [0, 0.1) is 0 Å². The van der Waals surface area contributed by atoms with Crippen LogP contribution in [0.5, 0.6) is 11.5 Å². The van der Waals surface area contributed by atoms with Gasteiger partial charge in [0.1, 0.15) is 0 Å². The van der Waals surface area contributed by atoms with Crippen LogP contribution < -0.4 is 9.47 Å². The first-order valence-electron chi connectivity index (χ1n) is 5.90. The van der Waals surface area contributed by atoms with Gasteiger partial charge in [0.2, 0.25) is 0 Å². The van der Waals surface area contributed by atoms with E-state index in [9.17, 15) is 9.59 Å². The lowest BCUT2D eigenvalue weighted by atomic mass is 9.80. The van der Waals surface area contributed by atoms with Crippen LogP contribution in [0.15, 0.2) is 10.5 Å². The van der Waals surface area contributed by atoms with Crippen molar-refractivity contribution in [1.82, 2.24) is 0 Å². The predicted molar refractivity (Wildman–Crippen MR) is 77.9 cm³/mol. The van der Waals surface area contributed by atoms with Crippen molar-refractivity contribution in [3.05, 3.63) is 21.7 Å². The van der Waals surface area contributed by atoms with Crippen molar-refractivity contribution in [1.29, 1.82) is 0 Å². The molecule has 0 aliphatic carbocycles. The number of aldehydes is 1. The predicted octanol–water partition coefficient (Wildman–Crippen LogP) is 3.03. The lowest BCUT2D eigenvalue weighted by Crippen LogP contribution is -2.23.